The number of pyridine rings is 2. The Morgan fingerprint density at radius 2 is 1.25 bits per heavy atom. The molecular weight excluding hydrogens is 761 g/mol. The minimum Gasteiger partial charge on any atom is -0.423 e. The van der Waals surface area contributed by atoms with Gasteiger partial charge in [0.2, 0.25) is 11.8 Å². The number of benzene rings is 2. The number of hydrogen-bond donors (Lipinski definition) is 6. The van der Waals surface area contributed by atoms with Gasteiger partial charge >= 0.3 is 11.9 Å². The Hall–Kier alpha value is -6.74. The molecule has 2 aromatic carbocycles. The largest absolute Gasteiger partial charge is 0.423 e. The van der Waals surface area contributed by atoms with Gasteiger partial charge in [0.1, 0.15) is 34.4 Å². The predicted octanol–water partition coefficient (Wildman–Crippen LogP) is 4.05. The van der Waals surface area contributed by atoms with E-state index in [2.05, 4.69) is 41.1 Å². The first-order valence-electron chi connectivity index (χ1n) is 19.0. The number of aromatic nitrogens is 2. The van der Waals surface area contributed by atoms with Gasteiger partial charge in [-0.1, -0.05) is 18.2 Å². The SMILES string of the molecule is NCCC(=O)Nc1ccc(/N=N/c2cc(C3CCN(CC(=O)Oc4ccccc4/N=N/c4ccc(NC(=O)CN)nc4N)C3)ccc2OC(=O)CN2CCCC2)c(N)n1. The molecule has 6 rings (SSSR count). The smallest absolute Gasteiger partial charge is 0.325 e. The number of rotatable bonds is 16. The Labute approximate surface area is 339 Å². The first-order chi connectivity index (χ1) is 28.6. The van der Waals surface area contributed by atoms with E-state index in [1.165, 1.54) is 6.07 Å². The number of esters is 2. The molecular formula is C39H46N14O6. The van der Waals surface area contributed by atoms with Crippen LogP contribution < -0.4 is 43.0 Å². The van der Waals surface area contributed by atoms with Gasteiger partial charge in [-0.25, -0.2) is 9.97 Å². The third-order valence-electron chi connectivity index (χ3n) is 9.37. The number of nitrogens with zero attached hydrogens (tertiary/aromatic N) is 8. The molecule has 1 atom stereocenters. The van der Waals surface area contributed by atoms with Crippen LogP contribution in [0.15, 0.2) is 87.2 Å². The Balaban J connectivity index is 1.11. The zero-order valence-electron chi connectivity index (χ0n) is 32.3. The first-order valence-corrected chi connectivity index (χ1v) is 19.0. The van der Waals surface area contributed by atoms with E-state index >= 15 is 0 Å². The molecule has 0 spiro atoms. The van der Waals surface area contributed by atoms with Crippen LogP contribution in [0, 0.1) is 0 Å². The van der Waals surface area contributed by atoms with Crippen LogP contribution in [0.2, 0.25) is 0 Å². The number of para-hydroxylation sites is 1. The van der Waals surface area contributed by atoms with Crippen LogP contribution >= 0.6 is 0 Å². The van der Waals surface area contributed by atoms with E-state index in [-0.39, 0.29) is 90.6 Å². The summed E-state index contributed by atoms with van der Waals surface area (Å²) >= 11 is 0. The van der Waals surface area contributed by atoms with Crippen LogP contribution in [0.25, 0.3) is 0 Å². The van der Waals surface area contributed by atoms with E-state index in [1.807, 2.05) is 21.9 Å². The number of azo groups is 2. The van der Waals surface area contributed by atoms with Crippen molar-refractivity contribution in [3.63, 3.8) is 0 Å². The van der Waals surface area contributed by atoms with Crippen LogP contribution in [0.1, 0.15) is 37.2 Å². The Kier molecular flexibility index (Phi) is 14.3. The zero-order chi connectivity index (χ0) is 41.7. The van der Waals surface area contributed by atoms with Crippen molar-refractivity contribution in [2.45, 2.75) is 31.6 Å². The second-order valence-electron chi connectivity index (χ2n) is 13.8. The molecule has 2 saturated heterocycles. The van der Waals surface area contributed by atoms with E-state index in [9.17, 15) is 19.2 Å². The molecule has 2 aliphatic rings. The maximum absolute atomic E-state index is 13.2. The summed E-state index contributed by atoms with van der Waals surface area (Å²) in [6.07, 6.45) is 2.94. The summed E-state index contributed by atoms with van der Waals surface area (Å²) in [4.78, 5) is 62.0. The van der Waals surface area contributed by atoms with Crippen LogP contribution in [-0.4, -0.2) is 95.9 Å². The number of anilines is 4. The van der Waals surface area contributed by atoms with Gasteiger partial charge in [0.05, 0.1) is 19.6 Å². The molecule has 0 radical (unpaired) electrons. The van der Waals surface area contributed by atoms with E-state index in [1.54, 1.807) is 48.5 Å². The standard InChI is InChI=1S/C39H46N14O6/c40-15-13-34(54)44-32-11-8-28(39(43)46-32)50-51-29-19-24(7-10-31(29)59-36(56)22-52-16-3-4-17-52)25-14-18-53(21-25)23-37(57)58-30-6-2-1-5-26(30)48-49-27-9-12-33(47-38(27)42)45-35(55)20-41/h1-2,5-12,19,25H,3-4,13-18,20-23,40-41H2,(H3,42,45,47,55)(H3,43,44,46,54)/b49-48+,51-50+. The lowest BCUT2D eigenvalue weighted by Crippen LogP contribution is -2.30. The number of hydrogen-bond acceptors (Lipinski definition) is 18. The molecule has 2 aromatic heterocycles. The van der Waals surface area contributed by atoms with Gasteiger partial charge in [-0.2, -0.15) is 0 Å². The van der Waals surface area contributed by atoms with Crippen LogP contribution in [0.5, 0.6) is 11.5 Å². The van der Waals surface area contributed by atoms with Crippen molar-refractivity contribution in [1.29, 1.82) is 0 Å². The van der Waals surface area contributed by atoms with E-state index in [4.69, 9.17) is 32.4 Å². The quantitative estimate of drug-likeness (QED) is 0.0529. The van der Waals surface area contributed by atoms with Gasteiger partial charge in [0.25, 0.3) is 0 Å². The normalized spacial score (nSPS) is 15.8. The highest BCUT2D eigenvalue weighted by Crippen LogP contribution is 2.37. The van der Waals surface area contributed by atoms with Crippen molar-refractivity contribution >= 4 is 69.8 Å². The van der Waals surface area contributed by atoms with Crippen LogP contribution in [0.4, 0.5) is 46.0 Å². The summed E-state index contributed by atoms with van der Waals surface area (Å²) in [5.74, 6) is -0.597. The molecule has 4 heterocycles. The highest BCUT2D eigenvalue weighted by atomic mass is 16.5. The molecule has 4 aromatic rings. The van der Waals surface area contributed by atoms with Gasteiger partial charge in [-0.3, -0.25) is 29.0 Å². The molecule has 20 nitrogen and oxygen atoms in total. The maximum Gasteiger partial charge on any atom is 0.325 e. The van der Waals surface area contributed by atoms with E-state index < -0.39 is 17.8 Å². The van der Waals surface area contributed by atoms with Crippen LogP contribution in [-0.2, 0) is 19.2 Å². The third-order valence-corrected chi connectivity index (χ3v) is 9.37. The zero-order valence-corrected chi connectivity index (χ0v) is 32.3. The molecule has 308 valence electrons. The summed E-state index contributed by atoms with van der Waals surface area (Å²) < 4.78 is 11.5. The van der Waals surface area contributed by atoms with Crippen molar-refractivity contribution in [2.75, 3.05) is 74.5 Å². The molecule has 2 aliphatic heterocycles. The highest BCUT2D eigenvalue weighted by molar-refractivity contribution is 5.91. The number of ether oxygens (including phenoxy) is 2. The Morgan fingerprint density at radius 1 is 0.678 bits per heavy atom. The molecule has 1 unspecified atom stereocenters. The summed E-state index contributed by atoms with van der Waals surface area (Å²) in [6, 6.07) is 18.3. The van der Waals surface area contributed by atoms with Gasteiger partial charge in [-0.15, -0.1) is 20.5 Å². The van der Waals surface area contributed by atoms with Gasteiger partial charge in [0.15, 0.2) is 23.1 Å². The van der Waals surface area contributed by atoms with E-state index in [0.29, 0.717) is 24.5 Å². The van der Waals surface area contributed by atoms with Crippen molar-refractivity contribution in [2.24, 2.45) is 31.9 Å². The van der Waals surface area contributed by atoms with Crippen molar-refractivity contribution in [1.82, 2.24) is 19.8 Å². The molecule has 2 fully saturated rings. The molecule has 59 heavy (non-hydrogen) atoms. The average Bonchev–Trinajstić information content (AvgIpc) is 3.91. The molecule has 20 heteroatoms. The number of carbonyl (C=O) groups excluding carboxylic acids is 4. The monoisotopic (exact) mass is 806 g/mol. The van der Waals surface area contributed by atoms with Crippen LogP contribution in [0.3, 0.4) is 0 Å². The molecule has 0 saturated carbocycles. The Morgan fingerprint density at radius 3 is 1.88 bits per heavy atom. The van der Waals surface area contributed by atoms with Crippen molar-refractivity contribution in [3.8, 4) is 11.5 Å². The lowest BCUT2D eigenvalue weighted by molar-refractivity contribution is -0.136. The lowest BCUT2D eigenvalue weighted by atomic mass is 9.98. The number of nitrogen functional groups attached to an aromatic ring is 2. The second-order valence-corrected chi connectivity index (χ2v) is 13.8. The molecule has 0 aliphatic carbocycles. The fraction of sp³-hybridized carbons (Fsp3) is 0.333. The average molecular weight is 807 g/mol. The summed E-state index contributed by atoms with van der Waals surface area (Å²) in [6.45, 7) is 3.00. The third kappa shape index (κ3) is 11.9. The van der Waals surface area contributed by atoms with Crippen molar-refractivity contribution < 1.29 is 28.7 Å². The number of nitrogens with two attached hydrogens (primary N) is 4. The number of nitrogens with one attached hydrogen (secondary N) is 2. The number of carbonyl (C=O) groups is 4. The van der Waals surface area contributed by atoms with Crippen molar-refractivity contribution in [3.05, 3.63) is 72.3 Å². The fourth-order valence-electron chi connectivity index (χ4n) is 6.43. The summed E-state index contributed by atoms with van der Waals surface area (Å²) in [7, 11) is 0. The molecule has 2 amide bonds. The topological polar surface area (TPSA) is 297 Å². The molecule has 10 N–H and O–H groups in total. The van der Waals surface area contributed by atoms with Gasteiger partial charge in [0, 0.05) is 19.5 Å². The van der Waals surface area contributed by atoms with Gasteiger partial charge in [-0.05, 0) is 98.9 Å². The fourth-order valence-corrected chi connectivity index (χ4v) is 6.43. The van der Waals surface area contributed by atoms with E-state index in [0.717, 1.165) is 37.9 Å². The maximum atomic E-state index is 13.2. The Bertz CT molecular complexity index is 2230. The molecule has 0 bridgehead atoms. The first kappa shape index (κ1) is 41.9. The minimum atomic E-state index is -0.486. The highest BCUT2D eigenvalue weighted by Gasteiger charge is 2.27. The summed E-state index contributed by atoms with van der Waals surface area (Å²) in [5, 5.41) is 22.3. The second kappa shape index (κ2) is 20.1. The lowest BCUT2D eigenvalue weighted by Gasteiger charge is -2.17. The predicted molar refractivity (Wildman–Crippen MR) is 219 cm³/mol. The number of amides is 2. The van der Waals surface area contributed by atoms with Gasteiger partial charge < -0.3 is 43.0 Å². The summed E-state index contributed by atoms with van der Waals surface area (Å²) in [5.41, 5.74) is 25.0. The number of likely N-dealkylation sites (tertiary alicyclic amines) is 2. The minimum absolute atomic E-state index is 0.0164.